The average molecular weight is 977 g/mol. The molecule has 0 radical (unpaired) electrons. The molecule has 1 N–H and O–H groups in total. The van der Waals surface area contributed by atoms with E-state index >= 15 is 0 Å². The van der Waals surface area contributed by atoms with Crippen LogP contribution in [0.25, 0.3) is 0 Å². The molecule has 0 atom stereocenters. The van der Waals surface area contributed by atoms with Crippen molar-refractivity contribution >= 4 is 40.9 Å². The molecule has 0 fully saturated rings. The molecule has 0 unspecified atom stereocenters. The summed E-state index contributed by atoms with van der Waals surface area (Å²) in [5.41, 5.74) is 1.94. The van der Waals surface area contributed by atoms with Gasteiger partial charge in [0.2, 0.25) is 5.91 Å². The van der Waals surface area contributed by atoms with Gasteiger partial charge in [-0.1, -0.05) is 163 Å². The van der Waals surface area contributed by atoms with Crippen molar-refractivity contribution in [1.29, 1.82) is 0 Å². The van der Waals surface area contributed by atoms with E-state index in [1.165, 1.54) is 103 Å². The maximum absolute atomic E-state index is 13.0. The third kappa shape index (κ3) is 34.5. The highest BCUT2D eigenvalue weighted by atomic mass is 32.1. The number of rotatable bonds is 40. The van der Waals surface area contributed by atoms with Gasteiger partial charge in [-0.15, -0.1) is 11.3 Å². The predicted molar refractivity (Wildman–Crippen MR) is 287 cm³/mol. The van der Waals surface area contributed by atoms with E-state index in [-0.39, 0.29) is 35.5 Å². The van der Waals surface area contributed by atoms with Gasteiger partial charge in [0.25, 0.3) is 5.91 Å². The fourth-order valence-electron chi connectivity index (χ4n) is 8.57. The number of ether oxygens (including phenoxy) is 2. The van der Waals surface area contributed by atoms with Crippen molar-refractivity contribution in [2.45, 2.75) is 260 Å². The van der Waals surface area contributed by atoms with E-state index in [4.69, 9.17) is 9.47 Å². The lowest BCUT2D eigenvalue weighted by Crippen LogP contribution is -2.36. The monoisotopic (exact) mass is 976 g/mol. The van der Waals surface area contributed by atoms with Crippen LogP contribution in [0.5, 0.6) is 0 Å². The number of likely N-dealkylation sites (N-methyl/N-ethyl adjacent to an activating group) is 1. The summed E-state index contributed by atoms with van der Waals surface area (Å²) >= 11 is 1.65. The number of carbonyl (C=O) groups is 5. The third-order valence-corrected chi connectivity index (χ3v) is 13.9. The molecule has 2 rings (SSSR count). The van der Waals surface area contributed by atoms with Gasteiger partial charge in [0, 0.05) is 48.7 Å². The zero-order chi connectivity index (χ0) is 50.6. The second-order valence-corrected chi connectivity index (χ2v) is 20.6. The zero-order valence-corrected chi connectivity index (χ0v) is 46.4. The number of fused-ring (bicyclic) bond motifs is 1. The normalized spacial score (nSPS) is 12.0. The first-order valence-electron chi connectivity index (χ1n) is 28.1. The SMILES string of the molecule is CC.CCCCCCCCC(CCCCCCCC)C(=O)OCCCCCC(=O)N1CCc2c(sc(C)c2C(=O)NCCN(C)C)C1.CCCCCCCCCOC(=O)CCCCCCC(C)=O. The highest BCUT2D eigenvalue weighted by molar-refractivity contribution is 7.12. The first-order valence-corrected chi connectivity index (χ1v) is 28.9. The minimum atomic E-state index is -0.0625. The molecular formula is C57H105N3O7S. The lowest BCUT2D eigenvalue weighted by atomic mass is 9.94. The highest BCUT2D eigenvalue weighted by Gasteiger charge is 2.28. The second kappa shape index (κ2) is 45.4. The number of Topliss-reactive ketones (excluding diaryl/α,β-unsaturated/α-hetero) is 1. The quantitative estimate of drug-likeness (QED) is 0.0510. The van der Waals surface area contributed by atoms with E-state index in [1.807, 2.05) is 39.8 Å². The number of aryl methyl sites for hydroxylation is 1. The lowest BCUT2D eigenvalue weighted by Gasteiger charge is -2.27. The minimum absolute atomic E-state index is 0.00321. The Kier molecular flexibility index (Phi) is 43.5. The molecule has 0 saturated carbocycles. The molecule has 0 aliphatic carbocycles. The van der Waals surface area contributed by atoms with Crippen molar-refractivity contribution in [3.05, 3.63) is 20.9 Å². The van der Waals surface area contributed by atoms with E-state index < -0.39 is 0 Å². The van der Waals surface area contributed by atoms with Crippen LogP contribution in [0.4, 0.5) is 0 Å². The van der Waals surface area contributed by atoms with Gasteiger partial charge in [-0.2, -0.15) is 0 Å². The van der Waals surface area contributed by atoms with E-state index in [0.717, 1.165) is 111 Å². The number of esters is 2. The fourth-order valence-corrected chi connectivity index (χ4v) is 9.81. The van der Waals surface area contributed by atoms with Crippen molar-refractivity contribution in [3.8, 4) is 0 Å². The van der Waals surface area contributed by atoms with Gasteiger partial charge >= 0.3 is 11.9 Å². The molecule has 2 heterocycles. The van der Waals surface area contributed by atoms with Crippen LogP contribution in [0.15, 0.2) is 0 Å². The molecule has 68 heavy (non-hydrogen) atoms. The van der Waals surface area contributed by atoms with Crippen LogP contribution in [-0.2, 0) is 41.6 Å². The molecule has 396 valence electrons. The first kappa shape index (κ1) is 65.2. The molecule has 10 nitrogen and oxygen atoms in total. The van der Waals surface area contributed by atoms with Crippen LogP contribution < -0.4 is 5.32 Å². The minimum Gasteiger partial charge on any atom is -0.466 e. The number of amides is 2. The molecule has 0 aromatic carbocycles. The van der Waals surface area contributed by atoms with Crippen molar-refractivity contribution < 1.29 is 33.4 Å². The molecule has 11 heteroatoms. The molecule has 0 saturated heterocycles. The number of carbonyl (C=O) groups excluding carboxylic acids is 5. The molecule has 0 bridgehead atoms. The Morgan fingerprint density at radius 2 is 1.10 bits per heavy atom. The summed E-state index contributed by atoms with van der Waals surface area (Å²) < 4.78 is 11.0. The maximum atomic E-state index is 13.0. The van der Waals surface area contributed by atoms with Gasteiger partial charge < -0.3 is 29.4 Å². The number of nitrogens with zero attached hydrogens (tertiary/aromatic N) is 2. The Bertz CT molecular complexity index is 1410. The number of thiophene rings is 1. The summed E-state index contributed by atoms with van der Waals surface area (Å²) in [6, 6.07) is 0. The summed E-state index contributed by atoms with van der Waals surface area (Å²) in [5.74, 6) is 0.409. The largest absolute Gasteiger partial charge is 0.466 e. The van der Waals surface area contributed by atoms with Gasteiger partial charge in [-0.05, 0) is 91.3 Å². The van der Waals surface area contributed by atoms with Crippen molar-refractivity contribution in [2.75, 3.05) is 46.9 Å². The highest BCUT2D eigenvalue weighted by Crippen LogP contribution is 2.33. The van der Waals surface area contributed by atoms with Crippen LogP contribution in [0, 0.1) is 12.8 Å². The van der Waals surface area contributed by atoms with E-state index in [9.17, 15) is 24.0 Å². The smallest absolute Gasteiger partial charge is 0.308 e. The van der Waals surface area contributed by atoms with Crippen LogP contribution in [0.2, 0.25) is 0 Å². The Morgan fingerprint density at radius 1 is 0.632 bits per heavy atom. The fraction of sp³-hybridized carbons (Fsp3) is 0.842. The van der Waals surface area contributed by atoms with Crippen LogP contribution >= 0.6 is 11.3 Å². The summed E-state index contributed by atoms with van der Waals surface area (Å²) in [5, 5.41) is 3.05. The number of nitrogens with one attached hydrogen (secondary N) is 1. The molecular weight excluding hydrogens is 871 g/mol. The average Bonchev–Trinajstić information content (AvgIpc) is 3.66. The van der Waals surface area contributed by atoms with Gasteiger partial charge in [0.05, 0.1) is 31.2 Å². The predicted octanol–water partition coefficient (Wildman–Crippen LogP) is 14.7. The number of unbranched alkanes of at least 4 members (excludes halogenated alkanes) is 21. The third-order valence-electron chi connectivity index (χ3n) is 12.8. The summed E-state index contributed by atoms with van der Waals surface area (Å²) in [6.07, 6.45) is 34.4. The van der Waals surface area contributed by atoms with Crippen LogP contribution in [0.1, 0.15) is 266 Å². The Balaban J connectivity index is 0.00000164. The summed E-state index contributed by atoms with van der Waals surface area (Å²) in [4.78, 5) is 67.2. The first-order chi connectivity index (χ1) is 32.9. The maximum Gasteiger partial charge on any atom is 0.308 e. The summed E-state index contributed by atoms with van der Waals surface area (Å²) in [7, 11) is 3.99. The molecule has 1 aliphatic heterocycles. The van der Waals surface area contributed by atoms with Gasteiger partial charge in [-0.25, -0.2) is 0 Å². The number of hydrogen-bond donors (Lipinski definition) is 1. The van der Waals surface area contributed by atoms with Gasteiger partial charge in [0.1, 0.15) is 5.78 Å². The molecule has 2 amide bonds. The molecule has 0 spiro atoms. The van der Waals surface area contributed by atoms with Crippen LogP contribution in [-0.4, -0.2) is 86.3 Å². The molecule has 1 aromatic rings. The van der Waals surface area contributed by atoms with E-state index in [2.05, 4.69) is 31.0 Å². The van der Waals surface area contributed by atoms with Gasteiger partial charge in [0.15, 0.2) is 0 Å². The van der Waals surface area contributed by atoms with Crippen molar-refractivity contribution in [2.24, 2.45) is 5.92 Å². The standard InChI is InChI=1S/C37H65N3O4S.C18H34O3.C2H6/c1-6-8-10-12-14-17-21-31(22-18-15-13-11-9-7-2)37(43)44-28-20-16-19-23-34(41)40-26-24-32-33(29-40)45-30(3)35(32)36(42)38-25-27-39(4)5;1-3-4-5-6-7-10-13-16-21-18(20)15-12-9-8-11-14-17(2)19;1-2/h31H,6-29H2,1-5H3,(H,38,42);3-16H2,1-2H3;1-2H3. The lowest BCUT2D eigenvalue weighted by molar-refractivity contribution is -0.149. The number of hydrogen-bond acceptors (Lipinski definition) is 9. The molecule has 1 aromatic heterocycles. The summed E-state index contributed by atoms with van der Waals surface area (Å²) in [6.45, 7) is 18.1. The van der Waals surface area contributed by atoms with Crippen LogP contribution in [0.3, 0.4) is 0 Å². The Hall–Kier alpha value is -2.79. The van der Waals surface area contributed by atoms with E-state index in [1.54, 1.807) is 18.3 Å². The molecule has 1 aliphatic rings. The second-order valence-electron chi connectivity index (χ2n) is 19.3. The zero-order valence-electron chi connectivity index (χ0n) is 45.6. The van der Waals surface area contributed by atoms with Crippen molar-refractivity contribution in [3.63, 3.8) is 0 Å². The Morgan fingerprint density at radius 3 is 1.65 bits per heavy atom. The Labute approximate surface area is 422 Å². The number of ketones is 1. The van der Waals surface area contributed by atoms with E-state index in [0.29, 0.717) is 52.1 Å². The van der Waals surface area contributed by atoms with Gasteiger partial charge in [-0.3, -0.25) is 19.2 Å². The van der Waals surface area contributed by atoms with Crippen molar-refractivity contribution in [1.82, 2.24) is 15.1 Å². The topological polar surface area (TPSA) is 122 Å².